The van der Waals surface area contributed by atoms with Crippen LogP contribution < -0.4 is 15.4 Å². The number of benzene rings is 1. The third kappa shape index (κ3) is 6.37. The minimum atomic E-state index is -4.81. The number of ether oxygens (including phenoxy) is 1. The van der Waals surface area contributed by atoms with Crippen molar-refractivity contribution in [3.8, 4) is 5.75 Å². The fourth-order valence-electron chi connectivity index (χ4n) is 1.96. The van der Waals surface area contributed by atoms with E-state index in [-0.39, 0.29) is 18.7 Å². The maximum Gasteiger partial charge on any atom is 0.573 e. The van der Waals surface area contributed by atoms with E-state index in [0.717, 1.165) is 17.7 Å². The molecule has 0 aliphatic heterocycles. The number of aliphatic hydroxyl groups excluding tert-OH is 1. The molecule has 0 bridgehead atoms. The largest absolute Gasteiger partial charge is 0.573 e. The highest BCUT2D eigenvalue weighted by molar-refractivity contribution is 7.07. The van der Waals surface area contributed by atoms with Crippen molar-refractivity contribution in [3.63, 3.8) is 0 Å². The molecule has 1 atom stereocenters. The van der Waals surface area contributed by atoms with Gasteiger partial charge < -0.3 is 20.5 Å². The lowest BCUT2D eigenvalue weighted by Gasteiger charge is -2.11. The molecule has 0 fully saturated rings. The van der Waals surface area contributed by atoms with Gasteiger partial charge in [0.15, 0.2) is 0 Å². The van der Waals surface area contributed by atoms with Crippen molar-refractivity contribution in [3.05, 3.63) is 46.7 Å². The van der Waals surface area contributed by atoms with Crippen LogP contribution in [0.3, 0.4) is 0 Å². The second-order valence-corrected chi connectivity index (χ2v) is 5.92. The van der Waals surface area contributed by atoms with Crippen LogP contribution in [-0.2, 0) is 9.59 Å². The van der Waals surface area contributed by atoms with Gasteiger partial charge in [0, 0.05) is 12.2 Å². The molecule has 0 saturated carbocycles. The third-order valence-corrected chi connectivity index (χ3v) is 3.88. The number of carbonyl (C=O) groups excluding carboxylic acids is 2. The van der Waals surface area contributed by atoms with Crippen molar-refractivity contribution in [1.29, 1.82) is 0 Å². The van der Waals surface area contributed by atoms with Crippen molar-refractivity contribution in [2.24, 2.45) is 0 Å². The highest BCUT2D eigenvalue weighted by Gasteiger charge is 2.31. The van der Waals surface area contributed by atoms with Gasteiger partial charge in [-0.25, -0.2) is 0 Å². The second-order valence-electron chi connectivity index (χ2n) is 5.14. The van der Waals surface area contributed by atoms with Gasteiger partial charge >= 0.3 is 18.2 Å². The van der Waals surface area contributed by atoms with Gasteiger partial charge in [-0.15, -0.1) is 13.2 Å². The van der Waals surface area contributed by atoms with E-state index >= 15 is 0 Å². The van der Waals surface area contributed by atoms with Crippen molar-refractivity contribution in [2.45, 2.75) is 18.9 Å². The lowest BCUT2D eigenvalue weighted by atomic mass is 10.1. The second kappa shape index (κ2) is 8.68. The Labute approximate surface area is 150 Å². The van der Waals surface area contributed by atoms with Crippen molar-refractivity contribution >= 4 is 28.8 Å². The molecule has 2 rings (SSSR count). The highest BCUT2D eigenvalue weighted by atomic mass is 32.1. The number of carbonyl (C=O) groups is 2. The monoisotopic (exact) mass is 388 g/mol. The van der Waals surface area contributed by atoms with Gasteiger partial charge in [0.25, 0.3) is 0 Å². The van der Waals surface area contributed by atoms with Crippen LogP contribution in [0.5, 0.6) is 5.75 Å². The summed E-state index contributed by atoms with van der Waals surface area (Å²) in [4.78, 5) is 23.4. The lowest BCUT2D eigenvalue weighted by molar-refractivity contribution is -0.274. The topological polar surface area (TPSA) is 87.7 Å². The van der Waals surface area contributed by atoms with Gasteiger partial charge in [0.05, 0.1) is 6.10 Å². The minimum Gasteiger partial charge on any atom is -0.406 e. The van der Waals surface area contributed by atoms with E-state index in [1.54, 1.807) is 11.4 Å². The quantitative estimate of drug-likeness (QED) is 0.664. The number of nitrogens with one attached hydrogen (secondary N) is 2. The Balaban J connectivity index is 1.77. The molecule has 0 spiro atoms. The number of rotatable bonds is 6. The Hall–Kier alpha value is -2.59. The predicted octanol–water partition coefficient (Wildman–Crippen LogP) is 2.83. The number of hydrogen-bond donors (Lipinski definition) is 3. The average Bonchev–Trinajstić information content (AvgIpc) is 3.09. The molecule has 1 heterocycles. The smallest absolute Gasteiger partial charge is 0.406 e. The molecule has 10 heteroatoms. The molecular weight excluding hydrogens is 373 g/mol. The van der Waals surface area contributed by atoms with Crippen LogP contribution in [-0.4, -0.2) is 29.8 Å². The van der Waals surface area contributed by atoms with Crippen LogP contribution in [0.25, 0.3) is 0 Å². The van der Waals surface area contributed by atoms with E-state index in [4.69, 9.17) is 0 Å². The SMILES string of the molecule is O=C(NCC[C@@H](O)c1ccsc1)C(=O)Nc1ccc(OC(F)(F)F)cc1. The van der Waals surface area contributed by atoms with Crippen LogP contribution in [0, 0.1) is 0 Å². The van der Waals surface area contributed by atoms with Crippen LogP contribution in [0.4, 0.5) is 18.9 Å². The first kappa shape index (κ1) is 19.7. The normalized spacial score (nSPS) is 12.3. The molecule has 1 aromatic heterocycles. The molecule has 0 saturated heterocycles. The molecule has 2 aromatic rings. The zero-order chi connectivity index (χ0) is 19.2. The van der Waals surface area contributed by atoms with E-state index in [9.17, 15) is 27.9 Å². The van der Waals surface area contributed by atoms with Gasteiger partial charge in [-0.3, -0.25) is 9.59 Å². The molecule has 6 nitrogen and oxygen atoms in total. The first-order valence-corrected chi connectivity index (χ1v) is 8.34. The Kier molecular flexibility index (Phi) is 6.58. The molecule has 26 heavy (non-hydrogen) atoms. The van der Waals surface area contributed by atoms with E-state index in [2.05, 4.69) is 15.4 Å². The van der Waals surface area contributed by atoms with Gasteiger partial charge in [-0.2, -0.15) is 11.3 Å². The van der Waals surface area contributed by atoms with E-state index in [1.807, 2.05) is 5.38 Å². The Morgan fingerprint density at radius 2 is 1.85 bits per heavy atom. The number of alkyl halides is 3. The fourth-order valence-corrected chi connectivity index (χ4v) is 2.67. The van der Waals surface area contributed by atoms with Crippen LogP contribution in [0.2, 0.25) is 0 Å². The summed E-state index contributed by atoms with van der Waals surface area (Å²) in [5, 5.41) is 18.1. The van der Waals surface area contributed by atoms with Crippen molar-refractivity contribution in [2.75, 3.05) is 11.9 Å². The Morgan fingerprint density at radius 3 is 2.42 bits per heavy atom. The van der Waals surface area contributed by atoms with E-state index < -0.39 is 30.0 Å². The maximum atomic E-state index is 12.1. The molecule has 3 N–H and O–H groups in total. The first-order chi connectivity index (χ1) is 12.2. The highest BCUT2D eigenvalue weighted by Crippen LogP contribution is 2.24. The summed E-state index contributed by atoms with van der Waals surface area (Å²) < 4.78 is 39.9. The van der Waals surface area contributed by atoms with E-state index in [0.29, 0.717) is 0 Å². The third-order valence-electron chi connectivity index (χ3n) is 3.18. The summed E-state index contributed by atoms with van der Waals surface area (Å²) >= 11 is 1.43. The molecule has 1 aromatic carbocycles. The summed E-state index contributed by atoms with van der Waals surface area (Å²) in [6, 6.07) is 6.13. The van der Waals surface area contributed by atoms with E-state index in [1.165, 1.54) is 23.5 Å². The molecule has 0 radical (unpaired) electrons. The van der Waals surface area contributed by atoms with Crippen LogP contribution in [0.15, 0.2) is 41.1 Å². The molecule has 2 amide bonds. The van der Waals surface area contributed by atoms with Gasteiger partial charge in [0.1, 0.15) is 5.75 Å². The minimum absolute atomic E-state index is 0.0849. The standard InChI is InChI=1S/C16H15F3N2O4S/c17-16(18,19)25-12-3-1-11(2-4-12)21-15(24)14(23)20-7-5-13(22)10-6-8-26-9-10/h1-4,6,8-9,13,22H,5,7H2,(H,20,23)(H,21,24)/t13-/m1/s1. The van der Waals surface area contributed by atoms with Crippen LogP contribution >= 0.6 is 11.3 Å². The summed E-state index contributed by atoms with van der Waals surface area (Å²) in [5.74, 6) is -2.33. The maximum absolute atomic E-state index is 12.1. The summed E-state index contributed by atoms with van der Waals surface area (Å²) in [6.45, 7) is 0.0849. The van der Waals surface area contributed by atoms with Crippen molar-refractivity contribution in [1.82, 2.24) is 5.32 Å². The average molecular weight is 388 g/mol. The lowest BCUT2D eigenvalue weighted by Crippen LogP contribution is -2.36. The Morgan fingerprint density at radius 1 is 1.15 bits per heavy atom. The zero-order valence-corrected chi connectivity index (χ0v) is 14.1. The molecule has 140 valence electrons. The fraction of sp³-hybridized carbons (Fsp3) is 0.250. The van der Waals surface area contributed by atoms with Gasteiger partial charge in [-0.1, -0.05) is 0 Å². The molecule has 0 unspecified atom stereocenters. The number of hydrogen-bond acceptors (Lipinski definition) is 5. The van der Waals surface area contributed by atoms with Gasteiger partial charge in [-0.05, 0) is 53.1 Å². The number of amides is 2. The van der Waals surface area contributed by atoms with Crippen molar-refractivity contribution < 1.29 is 32.6 Å². The molecule has 0 aliphatic carbocycles. The molecule has 0 aliphatic rings. The molecular formula is C16H15F3N2O4S. The number of anilines is 1. The predicted molar refractivity (Wildman–Crippen MR) is 88.7 cm³/mol. The number of thiophene rings is 1. The van der Waals surface area contributed by atoms with Crippen LogP contribution in [0.1, 0.15) is 18.1 Å². The zero-order valence-electron chi connectivity index (χ0n) is 13.2. The number of halogens is 3. The summed E-state index contributed by atoms with van der Waals surface area (Å²) in [6.07, 6.45) is -5.32. The Bertz CT molecular complexity index is 733. The number of aliphatic hydroxyl groups is 1. The van der Waals surface area contributed by atoms with Gasteiger partial charge in [0.2, 0.25) is 0 Å². The summed E-state index contributed by atoms with van der Waals surface area (Å²) in [7, 11) is 0. The first-order valence-electron chi connectivity index (χ1n) is 7.40. The summed E-state index contributed by atoms with van der Waals surface area (Å²) in [5.41, 5.74) is 0.868.